The first kappa shape index (κ1) is 13.3. The van der Waals surface area contributed by atoms with Gasteiger partial charge in [0.1, 0.15) is 6.04 Å². The van der Waals surface area contributed by atoms with E-state index in [2.05, 4.69) is 22.6 Å². The SMILES string of the molecule is O=C(O)C1CCCCN1C(=O)c1ccccc1I. The topological polar surface area (TPSA) is 57.6 Å². The van der Waals surface area contributed by atoms with Crippen LogP contribution < -0.4 is 0 Å². The molecule has 18 heavy (non-hydrogen) atoms. The highest BCUT2D eigenvalue weighted by molar-refractivity contribution is 14.1. The lowest BCUT2D eigenvalue weighted by Gasteiger charge is -2.33. The monoisotopic (exact) mass is 359 g/mol. The zero-order chi connectivity index (χ0) is 13.1. The normalized spacial score (nSPS) is 19.6. The first-order valence-corrected chi connectivity index (χ1v) is 6.97. The van der Waals surface area contributed by atoms with Crippen molar-refractivity contribution in [1.82, 2.24) is 4.90 Å². The summed E-state index contributed by atoms with van der Waals surface area (Å²) in [5.74, 6) is -1.08. The van der Waals surface area contributed by atoms with Crippen LogP contribution in [0.1, 0.15) is 29.6 Å². The lowest BCUT2D eigenvalue weighted by Crippen LogP contribution is -2.48. The Morgan fingerprint density at radius 3 is 2.67 bits per heavy atom. The average molecular weight is 359 g/mol. The number of hydrogen-bond donors (Lipinski definition) is 1. The molecule has 1 aliphatic heterocycles. The van der Waals surface area contributed by atoms with E-state index in [9.17, 15) is 14.7 Å². The molecular weight excluding hydrogens is 345 g/mol. The van der Waals surface area contributed by atoms with Gasteiger partial charge in [0.25, 0.3) is 5.91 Å². The number of carboxylic acid groups (broad SMARTS) is 1. The molecule has 1 aliphatic rings. The van der Waals surface area contributed by atoms with E-state index in [-0.39, 0.29) is 5.91 Å². The van der Waals surface area contributed by atoms with Crippen molar-refractivity contribution in [3.63, 3.8) is 0 Å². The zero-order valence-electron chi connectivity index (χ0n) is 9.80. The third kappa shape index (κ3) is 2.66. The van der Waals surface area contributed by atoms with Crippen LogP contribution in [-0.4, -0.2) is 34.5 Å². The van der Waals surface area contributed by atoms with Crippen molar-refractivity contribution in [2.45, 2.75) is 25.3 Å². The fourth-order valence-electron chi connectivity index (χ4n) is 2.22. The zero-order valence-corrected chi connectivity index (χ0v) is 12.0. The highest BCUT2D eigenvalue weighted by Gasteiger charge is 2.32. The van der Waals surface area contributed by atoms with E-state index < -0.39 is 12.0 Å². The van der Waals surface area contributed by atoms with Gasteiger partial charge in [-0.2, -0.15) is 0 Å². The van der Waals surface area contributed by atoms with Crippen molar-refractivity contribution >= 4 is 34.5 Å². The number of hydrogen-bond acceptors (Lipinski definition) is 2. The van der Waals surface area contributed by atoms with E-state index in [0.717, 1.165) is 16.4 Å². The summed E-state index contributed by atoms with van der Waals surface area (Å²) in [6.45, 7) is 0.529. The molecule has 1 atom stereocenters. The van der Waals surface area contributed by atoms with Crippen molar-refractivity contribution in [1.29, 1.82) is 0 Å². The van der Waals surface area contributed by atoms with Gasteiger partial charge in [0.15, 0.2) is 0 Å². The molecule has 0 aromatic heterocycles. The Bertz CT molecular complexity index is 475. The molecule has 1 N–H and O–H groups in total. The standard InChI is InChI=1S/C13H14INO3/c14-10-6-2-1-5-9(10)12(16)15-8-4-3-7-11(15)13(17)18/h1-2,5-6,11H,3-4,7-8H2,(H,17,18). The van der Waals surface area contributed by atoms with Crippen LogP contribution in [0.15, 0.2) is 24.3 Å². The maximum atomic E-state index is 12.4. The van der Waals surface area contributed by atoms with Gasteiger partial charge in [-0.1, -0.05) is 12.1 Å². The Morgan fingerprint density at radius 1 is 1.28 bits per heavy atom. The fraction of sp³-hybridized carbons (Fsp3) is 0.385. The van der Waals surface area contributed by atoms with Crippen molar-refractivity contribution in [2.24, 2.45) is 0 Å². The van der Waals surface area contributed by atoms with Gasteiger partial charge in [-0.05, 0) is 54.0 Å². The molecule has 2 rings (SSSR count). The molecule has 1 saturated heterocycles. The van der Waals surface area contributed by atoms with E-state index in [1.165, 1.54) is 4.90 Å². The number of aliphatic carboxylic acids is 1. The van der Waals surface area contributed by atoms with Crippen molar-refractivity contribution in [3.05, 3.63) is 33.4 Å². The molecule has 0 bridgehead atoms. The van der Waals surface area contributed by atoms with Gasteiger partial charge in [-0.3, -0.25) is 4.79 Å². The fourth-order valence-corrected chi connectivity index (χ4v) is 2.84. The molecule has 1 fully saturated rings. The number of carboxylic acids is 1. The molecule has 1 aromatic rings. The third-order valence-corrected chi connectivity index (χ3v) is 4.09. The van der Waals surface area contributed by atoms with E-state index in [0.29, 0.717) is 18.5 Å². The molecule has 0 spiro atoms. The third-order valence-electron chi connectivity index (χ3n) is 3.15. The number of likely N-dealkylation sites (tertiary alicyclic amines) is 1. The maximum absolute atomic E-state index is 12.4. The van der Waals surface area contributed by atoms with Crippen LogP contribution in [0.5, 0.6) is 0 Å². The maximum Gasteiger partial charge on any atom is 0.326 e. The molecule has 1 aromatic carbocycles. The van der Waals surface area contributed by atoms with E-state index in [1.807, 2.05) is 12.1 Å². The number of halogens is 1. The second-order valence-electron chi connectivity index (χ2n) is 4.33. The first-order chi connectivity index (χ1) is 8.61. The highest BCUT2D eigenvalue weighted by atomic mass is 127. The summed E-state index contributed by atoms with van der Waals surface area (Å²) in [5.41, 5.74) is 0.589. The van der Waals surface area contributed by atoms with Crippen LogP contribution >= 0.6 is 22.6 Å². The Hall–Kier alpha value is -1.11. The number of carbonyl (C=O) groups excluding carboxylic acids is 1. The molecule has 1 unspecified atom stereocenters. The number of benzene rings is 1. The predicted molar refractivity (Wildman–Crippen MR) is 75.5 cm³/mol. The van der Waals surface area contributed by atoms with Gasteiger partial charge in [0.2, 0.25) is 0 Å². The van der Waals surface area contributed by atoms with Gasteiger partial charge in [-0.25, -0.2) is 4.79 Å². The molecule has 1 amide bonds. The summed E-state index contributed by atoms with van der Waals surface area (Å²) in [6.07, 6.45) is 2.29. The molecule has 0 radical (unpaired) electrons. The van der Waals surface area contributed by atoms with Gasteiger partial charge in [0.05, 0.1) is 5.56 Å². The predicted octanol–water partition coefficient (Wildman–Crippen LogP) is 2.37. The van der Waals surface area contributed by atoms with Gasteiger partial charge in [0, 0.05) is 10.1 Å². The van der Waals surface area contributed by atoms with Crippen molar-refractivity contribution in [3.8, 4) is 0 Å². The summed E-state index contributed by atoms with van der Waals surface area (Å²) in [6, 6.07) is 6.59. The molecule has 0 aliphatic carbocycles. The minimum atomic E-state index is -0.908. The number of nitrogens with zero attached hydrogens (tertiary/aromatic N) is 1. The summed E-state index contributed by atoms with van der Waals surface area (Å²) in [5, 5.41) is 9.18. The number of amides is 1. The van der Waals surface area contributed by atoms with Crippen LogP contribution in [0.3, 0.4) is 0 Å². The second kappa shape index (κ2) is 5.69. The summed E-state index contributed by atoms with van der Waals surface area (Å²) < 4.78 is 0.856. The van der Waals surface area contributed by atoms with Crippen LogP contribution in [0, 0.1) is 3.57 Å². The lowest BCUT2D eigenvalue weighted by molar-refractivity contribution is -0.143. The van der Waals surface area contributed by atoms with E-state index >= 15 is 0 Å². The van der Waals surface area contributed by atoms with Crippen LogP contribution in [0.25, 0.3) is 0 Å². The van der Waals surface area contributed by atoms with Gasteiger partial charge < -0.3 is 10.0 Å². The first-order valence-electron chi connectivity index (χ1n) is 5.89. The van der Waals surface area contributed by atoms with Crippen molar-refractivity contribution in [2.75, 3.05) is 6.54 Å². The molecule has 1 heterocycles. The quantitative estimate of drug-likeness (QED) is 0.825. The van der Waals surface area contributed by atoms with Crippen LogP contribution in [-0.2, 0) is 4.79 Å². The van der Waals surface area contributed by atoms with Gasteiger partial charge >= 0.3 is 5.97 Å². The summed E-state index contributed by atoms with van der Waals surface area (Å²) in [4.78, 5) is 25.1. The molecule has 5 heteroatoms. The minimum absolute atomic E-state index is 0.174. The van der Waals surface area contributed by atoms with Crippen molar-refractivity contribution < 1.29 is 14.7 Å². The Kier molecular flexibility index (Phi) is 4.21. The molecule has 0 saturated carbocycles. The molecule has 96 valence electrons. The number of piperidine rings is 1. The van der Waals surface area contributed by atoms with E-state index in [1.54, 1.807) is 12.1 Å². The Morgan fingerprint density at radius 2 is 2.00 bits per heavy atom. The second-order valence-corrected chi connectivity index (χ2v) is 5.49. The Balaban J connectivity index is 2.27. The van der Waals surface area contributed by atoms with Crippen LogP contribution in [0.2, 0.25) is 0 Å². The molecule has 4 nitrogen and oxygen atoms in total. The summed E-state index contributed by atoms with van der Waals surface area (Å²) >= 11 is 2.10. The Labute approximate surface area is 119 Å². The van der Waals surface area contributed by atoms with Gasteiger partial charge in [-0.15, -0.1) is 0 Å². The minimum Gasteiger partial charge on any atom is -0.480 e. The van der Waals surface area contributed by atoms with E-state index in [4.69, 9.17) is 0 Å². The smallest absolute Gasteiger partial charge is 0.326 e. The highest BCUT2D eigenvalue weighted by Crippen LogP contribution is 2.22. The largest absolute Gasteiger partial charge is 0.480 e. The van der Waals surface area contributed by atoms with Crippen LogP contribution in [0.4, 0.5) is 0 Å². The number of rotatable bonds is 2. The number of carbonyl (C=O) groups is 2. The summed E-state index contributed by atoms with van der Waals surface area (Å²) in [7, 11) is 0. The molecular formula is C13H14INO3. The lowest BCUT2D eigenvalue weighted by atomic mass is 10.0. The average Bonchev–Trinajstić information content (AvgIpc) is 2.38.